The molecule has 0 saturated carbocycles. The molecule has 0 spiro atoms. The van der Waals surface area contributed by atoms with Crippen LogP contribution in [0.5, 0.6) is 0 Å². The zero-order valence-electron chi connectivity index (χ0n) is 15.5. The number of sulfonamides is 2. The summed E-state index contributed by atoms with van der Waals surface area (Å²) in [7, 11) is -7.37. The largest absolute Gasteiger partial charge is 0.279 e. The second kappa shape index (κ2) is 7.61. The van der Waals surface area contributed by atoms with E-state index in [0.29, 0.717) is 25.2 Å². The molecular weight excluding hydrogens is 384 g/mol. The van der Waals surface area contributed by atoms with Crippen molar-refractivity contribution in [2.24, 2.45) is 0 Å². The van der Waals surface area contributed by atoms with Gasteiger partial charge in [-0.2, -0.15) is 4.31 Å². The van der Waals surface area contributed by atoms with Gasteiger partial charge in [-0.3, -0.25) is 4.72 Å². The third-order valence-corrected chi connectivity index (χ3v) is 8.09. The number of rotatable bonds is 6. The van der Waals surface area contributed by atoms with Crippen molar-refractivity contribution in [3.05, 3.63) is 53.6 Å². The van der Waals surface area contributed by atoms with Gasteiger partial charge in [-0.15, -0.1) is 0 Å². The molecule has 146 valence electrons. The van der Waals surface area contributed by atoms with Crippen LogP contribution in [0.3, 0.4) is 0 Å². The molecular formula is C19H24N2O4S2. The molecule has 2 aromatic carbocycles. The molecule has 0 aromatic heterocycles. The predicted molar refractivity (Wildman–Crippen MR) is 106 cm³/mol. The van der Waals surface area contributed by atoms with E-state index < -0.39 is 20.0 Å². The Bertz CT molecular complexity index is 1020. The highest BCUT2D eigenvalue weighted by Gasteiger charge is 2.27. The van der Waals surface area contributed by atoms with Crippen molar-refractivity contribution < 1.29 is 16.8 Å². The first-order chi connectivity index (χ1) is 12.8. The van der Waals surface area contributed by atoms with Crippen LogP contribution in [-0.2, 0) is 26.5 Å². The third-order valence-electron chi connectivity index (χ3n) is 4.81. The lowest BCUT2D eigenvalue weighted by Gasteiger charge is -2.16. The molecule has 0 atom stereocenters. The first-order valence-electron chi connectivity index (χ1n) is 8.97. The van der Waals surface area contributed by atoms with Gasteiger partial charge in [0, 0.05) is 13.1 Å². The highest BCUT2D eigenvalue weighted by Crippen LogP contribution is 2.26. The van der Waals surface area contributed by atoms with Crippen LogP contribution in [-0.4, -0.2) is 34.2 Å². The van der Waals surface area contributed by atoms with Crippen molar-refractivity contribution in [2.75, 3.05) is 17.8 Å². The van der Waals surface area contributed by atoms with Crippen molar-refractivity contribution in [3.8, 4) is 0 Å². The first-order valence-corrected chi connectivity index (χ1v) is 11.9. The Morgan fingerprint density at radius 3 is 2.11 bits per heavy atom. The number of nitrogens with zero attached hydrogens (tertiary/aromatic N) is 1. The van der Waals surface area contributed by atoms with E-state index in [1.165, 1.54) is 28.6 Å². The molecule has 1 aliphatic heterocycles. The van der Waals surface area contributed by atoms with Crippen molar-refractivity contribution >= 4 is 25.7 Å². The smallest absolute Gasteiger partial charge is 0.261 e. The fourth-order valence-corrected chi connectivity index (χ4v) is 5.92. The molecule has 0 radical (unpaired) electrons. The fourth-order valence-electron chi connectivity index (χ4n) is 3.23. The summed E-state index contributed by atoms with van der Waals surface area (Å²) in [6.07, 6.45) is 2.41. The lowest BCUT2D eigenvalue weighted by molar-refractivity contribution is 0.477. The van der Waals surface area contributed by atoms with Crippen LogP contribution in [0.1, 0.15) is 30.9 Å². The summed E-state index contributed by atoms with van der Waals surface area (Å²) in [4.78, 5) is 0.154. The summed E-state index contributed by atoms with van der Waals surface area (Å²) >= 11 is 0. The second-order valence-electron chi connectivity index (χ2n) is 6.65. The van der Waals surface area contributed by atoms with E-state index in [-0.39, 0.29) is 9.79 Å². The number of anilines is 1. The number of para-hydroxylation sites is 1. The van der Waals surface area contributed by atoms with Crippen LogP contribution in [0, 0.1) is 6.92 Å². The lowest BCUT2D eigenvalue weighted by atomic mass is 10.1. The molecule has 0 unspecified atom stereocenters. The normalized spacial score (nSPS) is 15.8. The van der Waals surface area contributed by atoms with Gasteiger partial charge in [0.2, 0.25) is 10.0 Å². The van der Waals surface area contributed by atoms with Gasteiger partial charge in [0.05, 0.1) is 15.5 Å². The van der Waals surface area contributed by atoms with Gasteiger partial charge in [0.15, 0.2) is 0 Å². The van der Waals surface area contributed by atoms with E-state index in [0.717, 1.165) is 24.0 Å². The molecule has 2 aromatic rings. The molecule has 1 N–H and O–H groups in total. The Morgan fingerprint density at radius 1 is 0.926 bits per heavy atom. The Morgan fingerprint density at radius 2 is 1.52 bits per heavy atom. The van der Waals surface area contributed by atoms with Crippen LogP contribution in [0.2, 0.25) is 0 Å². The average molecular weight is 409 g/mol. The summed E-state index contributed by atoms with van der Waals surface area (Å²) in [5, 5.41) is 0. The predicted octanol–water partition coefficient (Wildman–Crippen LogP) is 3.14. The highest BCUT2D eigenvalue weighted by atomic mass is 32.2. The molecule has 8 heteroatoms. The topological polar surface area (TPSA) is 83.5 Å². The van der Waals surface area contributed by atoms with E-state index in [4.69, 9.17) is 0 Å². The van der Waals surface area contributed by atoms with Crippen molar-refractivity contribution in [1.29, 1.82) is 0 Å². The van der Waals surface area contributed by atoms with E-state index in [1.807, 2.05) is 32.0 Å². The van der Waals surface area contributed by atoms with Crippen molar-refractivity contribution in [2.45, 2.75) is 42.9 Å². The van der Waals surface area contributed by atoms with Gasteiger partial charge < -0.3 is 0 Å². The Balaban J connectivity index is 1.88. The molecule has 3 rings (SSSR count). The fraction of sp³-hybridized carbons (Fsp3) is 0.368. The van der Waals surface area contributed by atoms with Gasteiger partial charge >= 0.3 is 0 Å². The zero-order valence-corrected chi connectivity index (χ0v) is 17.1. The minimum absolute atomic E-state index is 0.0354. The van der Waals surface area contributed by atoms with Gasteiger partial charge in [0.1, 0.15) is 0 Å². The molecule has 1 aliphatic rings. The summed E-state index contributed by atoms with van der Waals surface area (Å²) in [6, 6.07) is 11.0. The van der Waals surface area contributed by atoms with Crippen LogP contribution in [0.15, 0.2) is 52.3 Å². The molecule has 1 saturated heterocycles. The number of aryl methyl sites for hydroxylation is 2. The molecule has 0 bridgehead atoms. The Labute approximate surface area is 161 Å². The minimum atomic E-state index is -3.81. The molecule has 1 heterocycles. The van der Waals surface area contributed by atoms with Crippen LogP contribution in [0.4, 0.5) is 5.69 Å². The molecule has 0 aliphatic carbocycles. The van der Waals surface area contributed by atoms with Crippen LogP contribution >= 0.6 is 0 Å². The quantitative estimate of drug-likeness (QED) is 0.796. The summed E-state index contributed by atoms with van der Waals surface area (Å²) in [5.74, 6) is 0. The molecule has 6 nitrogen and oxygen atoms in total. The molecule has 1 fully saturated rings. The Kier molecular flexibility index (Phi) is 5.60. The van der Waals surface area contributed by atoms with Gasteiger partial charge in [-0.1, -0.05) is 25.1 Å². The number of hydrogen-bond donors (Lipinski definition) is 1. The van der Waals surface area contributed by atoms with Gasteiger partial charge in [0.25, 0.3) is 10.0 Å². The standard InChI is InChI=1S/C19H24N2O4S2/c1-3-16-8-6-7-15(2)19(16)20-26(22,23)17-9-11-18(12-10-17)27(24,25)21-13-4-5-14-21/h6-12,20H,3-5,13-14H2,1-2H3. The van der Waals surface area contributed by atoms with E-state index in [2.05, 4.69) is 4.72 Å². The summed E-state index contributed by atoms with van der Waals surface area (Å²) < 4.78 is 54.8. The average Bonchev–Trinajstić information content (AvgIpc) is 3.19. The molecule has 0 amide bonds. The highest BCUT2D eigenvalue weighted by molar-refractivity contribution is 7.92. The maximum atomic E-state index is 12.8. The molecule has 27 heavy (non-hydrogen) atoms. The van der Waals surface area contributed by atoms with Crippen LogP contribution in [0.25, 0.3) is 0 Å². The van der Waals surface area contributed by atoms with Crippen LogP contribution < -0.4 is 4.72 Å². The first kappa shape index (κ1) is 19.9. The number of hydrogen-bond acceptors (Lipinski definition) is 4. The lowest BCUT2D eigenvalue weighted by Crippen LogP contribution is -2.27. The van der Waals surface area contributed by atoms with Crippen molar-refractivity contribution in [3.63, 3.8) is 0 Å². The SMILES string of the molecule is CCc1cccc(C)c1NS(=O)(=O)c1ccc(S(=O)(=O)N2CCCC2)cc1. The zero-order chi connectivity index (χ0) is 19.7. The van der Waals surface area contributed by atoms with Crippen molar-refractivity contribution in [1.82, 2.24) is 4.31 Å². The second-order valence-corrected chi connectivity index (χ2v) is 10.3. The Hall–Kier alpha value is -1.90. The summed E-state index contributed by atoms with van der Waals surface area (Å²) in [6.45, 7) is 4.83. The maximum Gasteiger partial charge on any atom is 0.261 e. The number of benzene rings is 2. The summed E-state index contributed by atoms with van der Waals surface area (Å²) in [5.41, 5.74) is 2.33. The third kappa shape index (κ3) is 4.02. The maximum absolute atomic E-state index is 12.8. The van der Waals surface area contributed by atoms with E-state index in [1.54, 1.807) is 0 Å². The number of nitrogens with one attached hydrogen (secondary N) is 1. The monoisotopic (exact) mass is 408 g/mol. The van der Waals surface area contributed by atoms with Gasteiger partial charge in [-0.05, 0) is 61.6 Å². The minimum Gasteiger partial charge on any atom is -0.279 e. The van der Waals surface area contributed by atoms with Gasteiger partial charge in [-0.25, -0.2) is 16.8 Å². The van der Waals surface area contributed by atoms with E-state index in [9.17, 15) is 16.8 Å². The van der Waals surface area contributed by atoms with E-state index >= 15 is 0 Å².